The third kappa shape index (κ3) is 5.25. The van der Waals surface area contributed by atoms with Crippen LogP contribution in [0.25, 0.3) is 0 Å². The van der Waals surface area contributed by atoms with Crippen molar-refractivity contribution in [3.8, 4) is 0 Å². The molecule has 1 aromatic rings. The van der Waals surface area contributed by atoms with E-state index in [-0.39, 0.29) is 20.7 Å². The summed E-state index contributed by atoms with van der Waals surface area (Å²) in [7, 11) is 1.50. The fraction of sp³-hybridized carbons (Fsp3) is 0.143. The van der Waals surface area contributed by atoms with Crippen molar-refractivity contribution in [1.82, 2.24) is 0 Å². The fourth-order valence-corrected chi connectivity index (χ4v) is 6.33. The molecule has 0 bridgehead atoms. The van der Waals surface area contributed by atoms with Gasteiger partial charge in [0.25, 0.3) is 0 Å². The van der Waals surface area contributed by atoms with Crippen LogP contribution in [0.4, 0.5) is 11.4 Å². The minimum Gasteiger partial charge on any atom is -0.478 e. The van der Waals surface area contributed by atoms with Crippen molar-refractivity contribution in [2.45, 2.75) is 6.92 Å². The fourth-order valence-electron chi connectivity index (χ4n) is 1.71. The normalized spacial score (nSPS) is 10.6. The molecule has 3 N–H and O–H groups in total. The number of carboxylic acids is 2. The topological polar surface area (TPSA) is 124 Å². The van der Waals surface area contributed by atoms with Crippen molar-refractivity contribution in [3.63, 3.8) is 0 Å². The number of aliphatic carboxylic acids is 1. The van der Waals surface area contributed by atoms with Gasteiger partial charge in [0.2, 0.25) is 11.8 Å². The number of anilines is 2. The van der Waals surface area contributed by atoms with Gasteiger partial charge in [0, 0.05) is 26.1 Å². The molecule has 0 aliphatic rings. The van der Waals surface area contributed by atoms with Crippen molar-refractivity contribution >= 4 is 103 Å². The lowest BCUT2D eigenvalue weighted by atomic mass is 10.1. The highest BCUT2D eigenvalue weighted by molar-refractivity contribution is 14.1. The number of nitrogens with one attached hydrogen (secondary N) is 1. The first-order valence-corrected chi connectivity index (χ1v) is 9.62. The summed E-state index contributed by atoms with van der Waals surface area (Å²) in [6.07, 6.45) is 1.49. The molecule has 25 heavy (non-hydrogen) atoms. The van der Waals surface area contributed by atoms with Gasteiger partial charge in [-0.1, -0.05) is 0 Å². The second kappa shape index (κ2) is 9.11. The van der Waals surface area contributed by atoms with E-state index in [9.17, 15) is 24.3 Å². The highest BCUT2D eigenvalue weighted by Gasteiger charge is 2.27. The zero-order valence-corrected chi connectivity index (χ0v) is 19.2. The molecule has 2 amide bonds. The van der Waals surface area contributed by atoms with Crippen LogP contribution in [0, 0.1) is 10.7 Å². The number of halogens is 3. The molecule has 0 atom stereocenters. The lowest BCUT2D eigenvalue weighted by Gasteiger charge is -2.23. The molecule has 0 saturated heterocycles. The average Bonchev–Trinajstić information content (AvgIpc) is 2.48. The number of carbonyl (C=O) groups is 4. The van der Waals surface area contributed by atoms with Crippen LogP contribution in [-0.4, -0.2) is 41.0 Å². The van der Waals surface area contributed by atoms with E-state index in [1.54, 1.807) is 22.6 Å². The Kier molecular flexibility index (Phi) is 8.04. The third-order valence-corrected chi connectivity index (χ3v) is 6.12. The second-order valence-electron chi connectivity index (χ2n) is 4.58. The first-order valence-electron chi connectivity index (χ1n) is 6.39. The lowest BCUT2D eigenvalue weighted by molar-refractivity contribution is -0.131. The maximum absolute atomic E-state index is 11.9. The predicted octanol–water partition coefficient (Wildman–Crippen LogP) is 2.76. The Bertz CT molecular complexity index is 806. The predicted molar refractivity (Wildman–Crippen MR) is 116 cm³/mol. The number of amides is 2. The Hall–Kier alpha value is -0.970. The molecule has 11 heteroatoms. The zero-order valence-electron chi connectivity index (χ0n) is 12.8. The van der Waals surface area contributed by atoms with E-state index in [1.165, 1.54) is 18.9 Å². The summed E-state index contributed by atoms with van der Waals surface area (Å²) in [6.45, 7) is 1.33. The van der Waals surface area contributed by atoms with Gasteiger partial charge in [0.1, 0.15) is 0 Å². The Morgan fingerprint density at radius 1 is 1.00 bits per heavy atom. The summed E-state index contributed by atoms with van der Waals surface area (Å²) in [4.78, 5) is 47.1. The Morgan fingerprint density at radius 3 is 2.00 bits per heavy atom. The van der Waals surface area contributed by atoms with E-state index < -0.39 is 17.8 Å². The van der Waals surface area contributed by atoms with Crippen LogP contribution in [0.1, 0.15) is 17.3 Å². The van der Waals surface area contributed by atoms with Crippen molar-refractivity contribution in [2.24, 2.45) is 0 Å². The minimum atomic E-state index is -1.29. The highest BCUT2D eigenvalue weighted by atomic mass is 127. The van der Waals surface area contributed by atoms with Crippen LogP contribution in [0.2, 0.25) is 0 Å². The number of rotatable bonds is 5. The van der Waals surface area contributed by atoms with Gasteiger partial charge < -0.3 is 20.4 Å². The number of hydrogen-bond donors (Lipinski definition) is 3. The van der Waals surface area contributed by atoms with Crippen LogP contribution in [0.5, 0.6) is 0 Å². The molecule has 0 unspecified atom stereocenters. The number of benzene rings is 1. The minimum absolute atomic E-state index is 0.0535. The van der Waals surface area contributed by atoms with E-state index >= 15 is 0 Å². The van der Waals surface area contributed by atoms with Crippen molar-refractivity contribution in [1.29, 1.82) is 0 Å². The molecule has 0 fully saturated rings. The number of nitrogens with zero attached hydrogens (tertiary/aromatic N) is 1. The molecule has 1 rings (SSSR count). The van der Waals surface area contributed by atoms with E-state index in [4.69, 9.17) is 5.11 Å². The third-order valence-electron chi connectivity index (χ3n) is 2.94. The summed E-state index contributed by atoms with van der Waals surface area (Å²) in [6, 6.07) is 0. The number of carboxylic acid groups (broad SMARTS) is 2. The number of aromatic carboxylic acids is 1. The van der Waals surface area contributed by atoms with Gasteiger partial charge in [0.05, 0.1) is 27.6 Å². The van der Waals surface area contributed by atoms with E-state index in [0.717, 1.165) is 6.08 Å². The van der Waals surface area contributed by atoms with Gasteiger partial charge in [-0.2, -0.15) is 0 Å². The highest BCUT2D eigenvalue weighted by Crippen LogP contribution is 2.40. The van der Waals surface area contributed by atoms with Crippen LogP contribution in [0.3, 0.4) is 0 Å². The van der Waals surface area contributed by atoms with Gasteiger partial charge in [-0.05, 0) is 67.8 Å². The molecule has 1 aromatic carbocycles. The SMILES string of the molecule is CC(=O)N(C)c1c(I)c(NC(=O)/C=C\C(=O)O)c(I)c(C(=O)O)c1I. The first-order chi connectivity index (χ1) is 11.5. The molecular formula is C14H11I3N2O6. The van der Waals surface area contributed by atoms with Crippen LogP contribution < -0.4 is 10.2 Å². The molecule has 0 aliphatic carbocycles. The molecular weight excluding hydrogens is 673 g/mol. The van der Waals surface area contributed by atoms with Gasteiger partial charge >= 0.3 is 11.9 Å². The molecule has 0 aromatic heterocycles. The number of hydrogen-bond acceptors (Lipinski definition) is 4. The lowest BCUT2D eigenvalue weighted by Crippen LogP contribution is -2.27. The summed E-state index contributed by atoms with van der Waals surface area (Å²) >= 11 is 5.54. The second-order valence-corrected chi connectivity index (χ2v) is 7.82. The van der Waals surface area contributed by atoms with Gasteiger partial charge in [-0.25, -0.2) is 9.59 Å². The molecule has 0 saturated carbocycles. The summed E-state index contributed by atoms with van der Waals surface area (Å²) in [5.41, 5.74) is 0.494. The summed E-state index contributed by atoms with van der Waals surface area (Å²) < 4.78 is 1.10. The van der Waals surface area contributed by atoms with Crippen LogP contribution in [-0.2, 0) is 14.4 Å². The zero-order chi connectivity index (χ0) is 19.5. The molecule has 8 nitrogen and oxygen atoms in total. The average molecular weight is 684 g/mol. The Morgan fingerprint density at radius 2 is 1.56 bits per heavy atom. The Balaban J connectivity index is 3.62. The summed E-state index contributed by atoms with van der Waals surface area (Å²) in [5, 5.41) is 20.6. The van der Waals surface area contributed by atoms with Crippen LogP contribution >= 0.6 is 67.8 Å². The first kappa shape index (κ1) is 22.1. The maximum atomic E-state index is 11.9. The van der Waals surface area contributed by atoms with Gasteiger partial charge in [-0.15, -0.1) is 0 Å². The monoisotopic (exact) mass is 684 g/mol. The molecule has 0 heterocycles. The summed E-state index contributed by atoms with van der Waals surface area (Å²) in [5.74, 6) is -3.53. The van der Waals surface area contributed by atoms with E-state index in [1.807, 2.05) is 45.2 Å². The Labute approximate surface area is 183 Å². The quantitative estimate of drug-likeness (QED) is 0.324. The smallest absolute Gasteiger partial charge is 0.338 e. The molecule has 0 spiro atoms. The molecule has 0 radical (unpaired) electrons. The van der Waals surface area contributed by atoms with Crippen molar-refractivity contribution in [3.05, 3.63) is 28.4 Å². The standard InChI is InChI=1S/C14H11I3N2O6/c1-5(20)19(2)13-10(16)8(14(24)25)9(15)12(11(13)17)18-6(21)3-4-7(22)23/h3-4H,1-2H3,(H,18,21)(H,22,23)(H,24,25)/b4-3-. The van der Waals surface area contributed by atoms with Gasteiger partial charge in [0.15, 0.2) is 0 Å². The van der Waals surface area contributed by atoms with E-state index in [2.05, 4.69) is 5.32 Å². The van der Waals surface area contributed by atoms with Crippen molar-refractivity contribution < 1.29 is 29.4 Å². The maximum Gasteiger partial charge on any atom is 0.338 e. The number of carbonyl (C=O) groups excluding carboxylic acids is 2. The van der Waals surface area contributed by atoms with E-state index in [0.29, 0.717) is 18.9 Å². The molecule has 0 aliphatic heterocycles. The van der Waals surface area contributed by atoms with Crippen molar-refractivity contribution in [2.75, 3.05) is 17.3 Å². The van der Waals surface area contributed by atoms with Crippen LogP contribution in [0.15, 0.2) is 12.2 Å². The largest absolute Gasteiger partial charge is 0.478 e. The molecule has 134 valence electrons. The van der Waals surface area contributed by atoms with Gasteiger partial charge in [-0.3, -0.25) is 9.59 Å².